The van der Waals surface area contributed by atoms with Crippen molar-refractivity contribution < 1.29 is 14.7 Å². The lowest BCUT2D eigenvalue weighted by Gasteiger charge is -2.04. The Morgan fingerprint density at radius 1 is 1.43 bits per heavy atom. The van der Waals surface area contributed by atoms with Crippen LogP contribution in [0.25, 0.3) is 5.65 Å². The van der Waals surface area contributed by atoms with Crippen LogP contribution in [0.4, 0.5) is 0 Å². The number of carboxylic acid groups (broad SMARTS) is 1. The molecule has 9 heteroatoms. The Morgan fingerprint density at radius 3 is 2.86 bits per heavy atom. The van der Waals surface area contributed by atoms with E-state index in [0.29, 0.717) is 11.4 Å². The first-order valence-corrected chi connectivity index (χ1v) is 7.32. The zero-order valence-corrected chi connectivity index (χ0v) is 11.8. The van der Waals surface area contributed by atoms with E-state index in [9.17, 15) is 14.4 Å². The third-order valence-electron chi connectivity index (χ3n) is 2.78. The highest BCUT2D eigenvalue weighted by Gasteiger charge is 2.15. The minimum atomic E-state index is -1.07. The zero-order valence-electron chi connectivity index (χ0n) is 11.0. The summed E-state index contributed by atoms with van der Waals surface area (Å²) in [6.07, 6.45) is 1.79. The van der Waals surface area contributed by atoms with Gasteiger partial charge in [0.25, 0.3) is 5.91 Å². The lowest BCUT2D eigenvalue weighted by Crippen LogP contribution is -2.31. The first kappa shape index (κ1) is 15.3. The van der Waals surface area contributed by atoms with Gasteiger partial charge in [0.2, 0.25) is 0 Å². The van der Waals surface area contributed by atoms with Crippen molar-refractivity contribution in [3.8, 4) is 0 Å². The normalized spacial score (nSPS) is 12.4. The third kappa shape index (κ3) is 3.50. The van der Waals surface area contributed by atoms with Gasteiger partial charge in [0.1, 0.15) is 6.04 Å². The standard InChI is InChI=1S/C12H14N4O4S/c13-8(11(18)19)4-6-21-7-10(17)16-12(20)15-5-2-1-3-9(15)14-16/h1-3,5,8H,4,6-7,13H2,(H,18,19). The molecule has 21 heavy (non-hydrogen) atoms. The van der Waals surface area contributed by atoms with Crippen LogP contribution < -0.4 is 11.4 Å². The van der Waals surface area contributed by atoms with E-state index in [1.165, 1.54) is 22.4 Å². The summed E-state index contributed by atoms with van der Waals surface area (Å²) >= 11 is 1.22. The number of fused-ring (bicyclic) bond motifs is 1. The van der Waals surface area contributed by atoms with Crippen LogP contribution in [-0.2, 0) is 4.79 Å². The summed E-state index contributed by atoms with van der Waals surface area (Å²) in [5, 5.41) is 12.6. The van der Waals surface area contributed by atoms with E-state index in [2.05, 4.69) is 5.10 Å². The largest absolute Gasteiger partial charge is 0.480 e. The molecule has 2 rings (SSSR count). The van der Waals surface area contributed by atoms with Gasteiger partial charge in [-0.05, 0) is 24.3 Å². The number of thioether (sulfide) groups is 1. The molecule has 0 aromatic carbocycles. The monoisotopic (exact) mass is 310 g/mol. The van der Waals surface area contributed by atoms with E-state index in [4.69, 9.17) is 10.8 Å². The Labute approximate surface area is 123 Å². The number of hydrogen-bond donors (Lipinski definition) is 2. The Hall–Kier alpha value is -2.13. The molecule has 0 aliphatic carbocycles. The molecule has 0 saturated carbocycles. The van der Waals surface area contributed by atoms with Gasteiger partial charge < -0.3 is 10.8 Å². The number of rotatable bonds is 6. The van der Waals surface area contributed by atoms with Crippen LogP contribution in [0, 0.1) is 0 Å². The number of pyridine rings is 1. The maximum Gasteiger partial charge on any atom is 0.357 e. The van der Waals surface area contributed by atoms with Gasteiger partial charge in [0, 0.05) is 6.20 Å². The summed E-state index contributed by atoms with van der Waals surface area (Å²) in [7, 11) is 0. The van der Waals surface area contributed by atoms with Gasteiger partial charge in [-0.25, -0.2) is 9.20 Å². The molecule has 112 valence electrons. The van der Waals surface area contributed by atoms with E-state index < -0.39 is 23.6 Å². The number of aliphatic carboxylic acids is 1. The van der Waals surface area contributed by atoms with Crippen LogP contribution >= 0.6 is 11.8 Å². The number of carbonyl (C=O) groups is 2. The molecule has 1 atom stereocenters. The predicted molar refractivity (Wildman–Crippen MR) is 77.6 cm³/mol. The van der Waals surface area contributed by atoms with Crippen molar-refractivity contribution in [2.75, 3.05) is 11.5 Å². The van der Waals surface area contributed by atoms with E-state index in [-0.39, 0.29) is 12.2 Å². The molecule has 0 aliphatic rings. The van der Waals surface area contributed by atoms with Crippen LogP contribution in [0.15, 0.2) is 29.2 Å². The SMILES string of the molecule is NC(CCSCC(=O)n1nc2ccccn2c1=O)C(=O)O. The van der Waals surface area contributed by atoms with Crippen LogP contribution in [0.2, 0.25) is 0 Å². The molecule has 3 N–H and O–H groups in total. The minimum absolute atomic E-state index is 0.0378. The zero-order chi connectivity index (χ0) is 15.4. The molecule has 1 unspecified atom stereocenters. The second-order valence-electron chi connectivity index (χ2n) is 4.30. The number of carboxylic acids is 1. The molecule has 0 spiro atoms. The van der Waals surface area contributed by atoms with Crippen molar-refractivity contribution >= 4 is 29.3 Å². The molecule has 2 heterocycles. The fourth-order valence-electron chi connectivity index (χ4n) is 1.64. The molecule has 2 aromatic heterocycles. The lowest BCUT2D eigenvalue weighted by atomic mass is 10.2. The van der Waals surface area contributed by atoms with Gasteiger partial charge in [-0.15, -0.1) is 9.78 Å². The highest BCUT2D eigenvalue weighted by molar-refractivity contribution is 7.99. The minimum Gasteiger partial charge on any atom is -0.480 e. The summed E-state index contributed by atoms with van der Waals surface area (Å²) in [5.41, 5.74) is 5.23. The van der Waals surface area contributed by atoms with E-state index in [1.807, 2.05) is 0 Å². The molecular weight excluding hydrogens is 296 g/mol. The fourth-order valence-corrected chi connectivity index (χ4v) is 2.50. The van der Waals surface area contributed by atoms with Crippen molar-refractivity contribution in [3.63, 3.8) is 0 Å². The first-order valence-electron chi connectivity index (χ1n) is 6.16. The maximum absolute atomic E-state index is 11.9. The highest BCUT2D eigenvalue weighted by Crippen LogP contribution is 2.05. The van der Waals surface area contributed by atoms with Crippen LogP contribution in [0.5, 0.6) is 0 Å². The van der Waals surface area contributed by atoms with Crippen LogP contribution in [0.3, 0.4) is 0 Å². The molecule has 0 radical (unpaired) electrons. The van der Waals surface area contributed by atoms with Gasteiger partial charge in [-0.1, -0.05) is 6.07 Å². The summed E-state index contributed by atoms with van der Waals surface area (Å²) in [6.45, 7) is 0. The number of nitrogens with zero attached hydrogens (tertiary/aromatic N) is 3. The topological polar surface area (TPSA) is 120 Å². The first-order chi connectivity index (χ1) is 10.0. The van der Waals surface area contributed by atoms with Gasteiger partial charge in [-0.2, -0.15) is 11.8 Å². The van der Waals surface area contributed by atoms with Gasteiger partial charge in [0.15, 0.2) is 5.65 Å². The summed E-state index contributed by atoms with van der Waals surface area (Å²) in [6, 6.07) is 4.08. The van der Waals surface area contributed by atoms with Crippen molar-refractivity contribution in [1.29, 1.82) is 0 Å². The number of carbonyl (C=O) groups excluding carboxylic acids is 1. The summed E-state index contributed by atoms with van der Waals surface area (Å²) in [4.78, 5) is 34.4. The van der Waals surface area contributed by atoms with E-state index in [0.717, 1.165) is 4.68 Å². The summed E-state index contributed by atoms with van der Waals surface area (Å²) in [5.74, 6) is -1.06. The molecule has 8 nitrogen and oxygen atoms in total. The molecular formula is C12H14N4O4S. The van der Waals surface area contributed by atoms with Crippen molar-refractivity contribution in [3.05, 3.63) is 34.9 Å². The van der Waals surface area contributed by atoms with Gasteiger partial charge in [0.05, 0.1) is 5.75 Å². The molecule has 0 bridgehead atoms. The quantitative estimate of drug-likeness (QED) is 0.701. The Bertz CT molecular complexity index is 723. The average molecular weight is 310 g/mol. The Morgan fingerprint density at radius 2 is 2.19 bits per heavy atom. The van der Waals surface area contributed by atoms with Crippen molar-refractivity contribution in [2.45, 2.75) is 12.5 Å². The van der Waals surface area contributed by atoms with Crippen LogP contribution in [-0.4, -0.2) is 48.7 Å². The van der Waals surface area contributed by atoms with Gasteiger partial charge in [-0.3, -0.25) is 9.59 Å². The predicted octanol–water partition coefficient (Wildman–Crippen LogP) is -0.329. The molecule has 2 aromatic rings. The second-order valence-corrected chi connectivity index (χ2v) is 5.41. The third-order valence-corrected chi connectivity index (χ3v) is 3.76. The second kappa shape index (κ2) is 6.55. The average Bonchev–Trinajstić information content (AvgIpc) is 2.81. The Balaban J connectivity index is 1.95. The maximum atomic E-state index is 11.9. The van der Waals surface area contributed by atoms with Crippen LogP contribution in [0.1, 0.15) is 11.2 Å². The lowest BCUT2D eigenvalue weighted by molar-refractivity contribution is -0.138. The van der Waals surface area contributed by atoms with Gasteiger partial charge >= 0.3 is 11.7 Å². The fraction of sp³-hybridized carbons (Fsp3) is 0.333. The smallest absolute Gasteiger partial charge is 0.357 e. The van der Waals surface area contributed by atoms with E-state index in [1.54, 1.807) is 18.2 Å². The van der Waals surface area contributed by atoms with Crippen molar-refractivity contribution in [2.24, 2.45) is 5.73 Å². The molecule has 0 saturated heterocycles. The van der Waals surface area contributed by atoms with Crippen molar-refractivity contribution in [1.82, 2.24) is 14.2 Å². The Kier molecular flexibility index (Phi) is 4.76. The van der Waals surface area contributed by atoms with E-state index >= 15 is 0 Å². The number of hydrogen-bond acceptors (Lipinski definition) is 6. The number of nitrogens with two attached hydrogens (primary N) is 1. The molecule has 0 aliphatic heterocycles. The number of aromatic nitrogens is 3. The molecule has 0 amide bonds. The summed E-state index contributed by atoms with van der Waals surface area (Å²) < 4.78 is 2.10. The highest BCUT2D eigenvalue weighted by atomic mass is 32.2. The molecule has 0 fully saturated rings.